The summed E-state index contributed by atoms with van der Waals surface area (Å²) >= 11 is 0. The summed E-state index contributed by atoms with van der Waals surface area (Å²) in [5.74, 6) is 0.842. The molecule has 0 aliphatic carbocycles. The second-order valence-corrected chi connectivity index (χ2v) is 6.32. The lowest BCUT2D eigenvalue weighted by molar-refractivity contribution is 0.289. The Morgan fingerprint density at radius 1 is 1.13 bits per heavy atom. The van der Waals surface area contributed by atoms with Crippen LogP contribution in [0.25, 0.3) is 0 Å². The van der Waals surface area contributed by atoms with Gasteiger partial charge >= 0.3 is 0 Å². The number of rotatable bonds is 2. The van der Waals surface area contributed by atoms with E-state index in [1.54, 1.807) is 12.3 Å². The van der Waals surface area contributed by atoms with Gasteiger partial charge in [-0.3, -0.25) is 0 Å². The lowest BCUT2D eigenvalue weighted by atomic mass is 9.87. The minimum Gasteiger partial charge on any atom is -0.361 e. The standard InChI is InChI=1S/C17H18N6/c1-11-5-12(2)21-17(20-11)22-9-15-6-16(10-22)23(15)14-4-3-13(7-18)19-8-14/h3-5,8,15-16H,6,9-10H2,1-2H3. The summed E-state index contributed by atoms with van der Waals surface area (Å²) in [4.78, 5) is 18.0. The quantitative estimate of drug-likeness (QED) is 0.843. The molecule has 0 spiro atoms. The zero-order valence-electron chi connectivity index (χ0n) is 13.3. The number of hydrogen-bond donors (Lipinski definition) is 0. The predicted octanol–water partition coefficient (Wildman–Crippen LogP) is 1.83. The molecule has 0 saturated carbocycles. The Bertz CT molecular complexity index is 746. The molecule has 3 aliphatic rings. The van der Waals surface area contributed by atoms with Crippen molar-refractivity contribution in [1.82, 2.24) is 15.0 Å². The van der Waals surface area contributed by atoms with Gasteiger partial charge in [0.05, 0.1) is 11.9 Å². The van der Waals surface area contributed by atoms with Crippen LogP contribution >= 0.6 is 0 Å². The molecule has 0 N–H and O–H groups in total. The fourth-order valence-corrected chi connectivity index (χ4v) is 3.65. The van der Waals surface area contributed by atoms with E-state index in [9.17, 15) is 0 Å². The van der Waals surface area contributed by atoms with Gasteiger partial charge in [-0.25, -0.2) is 15.0 Å². The summed E-state index contributed by atoms with van der Waals surface area (Å²) < 4.78 is 0. The average Bonchev–Trinajstić information content (AvgIpc) is 2.55. The van der Waals surface area contributed by atoms with Gasteiger partial charge in [0.1, 0.15) is 11.8 Å². The average molecular weight is 306 g/mol. The number of piperazine rings is 1. The SMILES string of the molecule is Cc1cc(C)nc(N2CC3CC(C2)N3c2ccc(C#N)nc2)n1. The van der Waals surface area contributed by atoms with Gasteiger partial charge < -0.3 is 9.80 Å². The Kier molecular flexibility index (Phi) is 3.15. The van der Waals surface area contributed by atoms with Crippen LogP contribution in [-0.2, 0) is 0 Å². The monoisotopic (exact) mass is 306 g/mol. The third-order valence-corrected chi connectivity index (χ3v) is 4.61. The van der Waals surface area contributed by atoms with Crippen molar-refractivity contribution in [2.75, 3.05) is 22.9 Å². The van der Waals surface area contributed by atoms with Gasteiger partial charge in [0, 0.05) is 36.6 Å². The number of aryl methyl sites for hydroxylation is 2. The normalized spacial score (nSPS) is 22.5. The topological polar surface area (TPSA) is 68.9 Å². The van der Waals surface area contributed by atoms with E-state index in [4.69, 9.17) is 5.26 Å². The summed E-state index contributed by atoms with van der Waals surface area (Å²) in [5, 5.41) is 8.86. The van der Waals surface area contributed by atoms with Crippen molar-refractivity contribution in [2.45, 2.75) is 32.4 Å². The number of nitriles is 1. The van der Waals surface area contributed by atoms with Gasteiger partial charge in [-0.15, -0.1) is 0 Å². The van der Waals surface area contributed by atoms with Crippen molar-refractivity contribution >= 4 is 11.6 Å². The van der Waals surface area contributed by atoms with Crippen molar-refractivity contribution in [3.05, 3.63) is 41.5 Å². The fraction of sp³-hybridized carbons (Fsp3) is 0.412. The van der Waals surface area contributed by atoms with E-state index in [0.717, 1.165) is 36.1 Å². The highest BCUT2D eigenvalue weighted by Crippen LogP contribution is 2.37. The summed E-state index contributed by atoms with van der Waals surface area (Å²) in [7, 11) is 0. The fourth-order valence-electron chi connectivity index (χ4n) is 3.65. The number of piperidine rings is 1. The van der Waals surface area contributed by atoms with E-state index < -0.39 is 0 Å². The molecule has 116 valence electrons. The van der Waals surface area contributed by atoms with Gasteiger partial charge in [0.25, 0.3) is 0 Å². The molecule has 3 aliphatic heterocycles. The number of aromatic nitrogens is 3. The molecule has 2 aromatic rings. The Labute approximate surface area is 135 Å². The highest BCUT2D eigenvalue weighted by atomic mass is 15.4. The van der Waals surface area contributed by atoms with Gasteiger partial charge in [0.2, 0.25) is 5.95 Å². The van der Waals surface area contributed by atoms with Crippen LogP contribution in [0, 0.1) is 25.2 Å². The lowest BCUT2D eigenvalue weighted by Crippen LogP contribution is -2.69. The minimum atomic E-state index is 0.463. The van der Waals surface area contributed by atoms with Crippen molar-refractivity contribution in [3.63, 3.8) is 0 Å². The molecule has 0 aromatic carbocycles. The van der Waals surface area contributed by atoms with Gasteiger partial charge in [-0.05, 0) is 38.5 Å². The van der Waals surface area contributed by atoms with E-state index >= 15 is 0 Å². The van der Waals surface area contributed by atoms with Crippen LogP contribution in [0.3, 0.4) is 0 Å². The van der Waals surface area contributed by atoms with E-state index in [1.165, 1.54) is 6.42 Å². The number of hydrogen-bond acceptors (Lipinski definition) is 6. The third kappa shape index (κ3) is 2.38. The van der Waals surface area contributed by atoms with Crippen LogP contribution in [0.2, 0.25) is 0 Å². The first-order valence-corrected chi connectivity index (χ1v) is 7.86. The summed E-state index contributed by atoms with van der Waals surface area (Å²) in [6.07, 6.45) is 3.00. The second-order valence-electron chi connectivity index (χ2n) is 6.32. The molecule has 3 fully saturated rings. The molecular formula is C17H18N6. The van der Waals surface area contributed by atoms with Crippen LogP contribution in [0.1, 0.15) is 23.5 Å². The van der Waals surface area contributed by atoms with Crippen LogP contribution in [0.5, 0.6) is 0 Å². The number of pyridine rings is 1. The molecule has 5 rings (SSSR count). The Balaban J connectivity index is 1.52. The zero-order valence-corrected chi connectivity index (χ0v) is 13.3. The first-order chi connectivity index (χ1) is 11.1. The molecule has 3 saturated heterocycles. The smallest absolute Gasteiger partial charge is 0.225 e. The summed E-state index contributed by atoms with van der Waals surface area (Å²) in [6, 6.07) is 8.78. The Hall–Kier alpha value is -2.68. The van der Waals surface area contributed by atoms with E-state index in [2.05, 4.69) is 30.8 Å². The molecule has 2 aromatic heterocycles. The van der Waals surface area contributed by atoms with Crippen molar-refractivity contribution in [1.29, 1.82) is 5.26 Å². The van der Waals surface area contributed by atoms with Gasteiger partial charge in [0.15, 0.2) is 0 Å². The van der Waals surface area contributed by atoms with Crippen LogP contribution in [0.15, 0.2) is 24.4 Å². The maximum atomic E-state index is 8.86. The number of anilines is 2. The minimum absolute atomic E-state index is 0.463. The Morgan fingerprint density at radius 2 is 1.83 bits per heavy atom. The lowest BCUT2D eigenvalue weighted by Gasteiger charge is -2.57. The van der Waals surface area contributed by atoms with E-state index in [1.807, 2.05) is 26.0 Å². The molecular weight excluding hydrogens is 288 g/mol. The van der Waals surface area contributed by atoms with E-state index in [0.29, 0.717) is 17.8 Å². The van der Waals surface area contributed by atoms with Crippen LogP contribution < -0.4 is 9.80 Å². The first-order valence-electron chi connectivity index (χ1n) is 7.86. The van der Waals surface area contributed by atoms with Crippen molar-refractivity contribution in [3.8, 4) is 6.07 Å². The summed E-state index contributed by atoms with van der Waals surface area (Å²) in [5.41, 5.74) is 3.59. The molecule has 2 bridgehead atoms. The highest BCUT2D eigenvalue weighted by molar-refractivity contribution is 5.54. The van der Waals surface area contributed by atoms with Gasteiger partial charge in [-0.1, -0.05) is 0 Å². The second kappa shape index (κ2) is 5.20. The maximum Gasteiger partial charge on any atom is 0.225 e. The predicted molar refractivity (Wildman–Crippen MR) is 87.3 cm³/mol. The largest absolute Gasteiger partial charge is 0.361 e. The van der Waals surface area contributed by atoms with Crippen LogP contribution in [-0.4, -0.2) is 40.1 Å². The molecule has 5 heterocycles. The summed E-state index contributed by atoms with van der Waals surface area (Å²) in [6.45, 7) is 5.88. The molecule has 23 heavy (non-hydrogen) atoms. The van der Waals surface area contributed by atoms with Crippen LogP contribution in [0.4, 0.5) is 11.6 Å². The molecule has 0 radical (unpaired) electrons. The molecule has 6 nitrogen and oxygen atoms in total. The first kappa shape index (κ1) is 13.9. The number of nitrogens with zero attached hydrogens (tertiary/aromatic N) is 6. The molecule has 2 atom stereocenters. The highest BCUT2D eigenvalue weighted by Gasteiger charge is 2.45. The molecule has 0 amide bonds. The molecule has 2 unspecified atom stereocenters. The third-order valence-electron chi connectivity index (χ3n) is 4.61. The van der Waals surface area contributed by atoms with Gasteiger partial charge in [-0.2, -0.15) is 5.26 Å². The maximum absolute atomic E-state index is 8.86. The zero-order chi connectivity index (χ0) is 16.0. The number of fused-ring (bicyclic) bond motifs is 2. The van der Waals surface area contributed by atoms with Crippen molar-refractivity contribution < 1.29 is 0 Å². The van der Waals surface area contributed by atoms with Crippen molar-refractivity contribution in [2.24, 2.45) is 0 Å². The molecule has 6 heteroatoms. The van der Waals surface area contributed by atoms with E-state index in [-0.39, 0.29) is 0 Å². The Morgan fingerprint density at radius 3 is 2.39 bits per heavy atom.